The third-order valence-corrected chi connectivity index (χ3v) is 5.70. The van der Waals surface area contributed by atoms with Crippen LogP contribution in [-0.2, 0) is 11.3 Å². The SMILES string of the molecule is CC(C)Cn1c(SC(C)c2nnc(-c3ccccc3)o2)nnc1N1CCOCC1. The maximum absolute atomic E-state index is 5.92. The molecule has 29 heavy (non-hydrogen) atoms. The summed E-state index contributed by atoms with van der Waals surface area (Å²) in [5, 5.41) is 18.3. The lowest BCUT2D eigenvalue weighted by atomic mass is 10.2. The first-order chi connectivity index (χ1) is 14.1. The van der Waals surface area contributed by atoms with Crippen molar-refractivity contribution in [3.8, 4) is 11.5 Å². The Morgan fingerprint density at radius 1 is 1.00 bits per heavy atom. The topological polar surface area (TPSA) is 82.1 Å². The van der Waals surface area contributed by atoms with Crippen molar-refractivity contribution < 1.29 is 9.15 Å². The Balaban J connectivity index is 1.54. The number of hydrogen-bond donors (Lipinski definition) is 0. The van der Waals surface area contributed by atoms with Crippen LogP contribution in [0.1, 0.15) is 31.9 Å². The lowest BCUT2D eigenvalue weighted by Crippen LogP contribution is -2.38. The maximum Gasteiger partial charge on any atom is 0.247 e. The predicted molar refractivity (Wildman–Crippen MR) is 112 cm³/mol. The van der Waals surface area contributed by atoms with Crippen LogP contribution in [-0.4, -0.2) is 51.3 Å². The van der Waals surface area contributed by atoms with E-state index in [2.05, 4.69) is 50.6 Å². The van der Waals surface area contributed by atoms with Crippen LogP contribution in [0.4, 0.5) is 5.95 Å². The van der Waals surface area contributed by atoms with E-state index in [1.165, 1.54) is 0 Å². The molecule has 154 valence electrons. The van der Waals surface area contributed by atoms with Gasteiger partial charge in [-0.1, -0.05) is 43.8 Å². The Kier molecular flexibility index (Phi) is 6.15. The minimum absolute atomic E-state index is 0.0346. The van der Waals surface area contributed by atoms with Crippen LogP contribution in [0.15, 0.2) is 39.9 Å². The second-order valence-corrected chi connectivity index (χ2v) is 8.77. The number of hydrogen-bond acceptors (Lipinski definition) is 8. The molecular formula is C20H26N6O2S. The smallest absolute Gasteiger partial charge is 0.247 e. The number of aromatic nitrogens is 5. The van der Waals surface area contributed by atoms with Crippen molar-refractivity contribution in [1.82, 2.24) is 25.0 Å². The van der Waals surface area contributed by atoms with Gasteiger partial charge in [0.25, 0.3) is 0 Å². The highest BCUT2D eigenvalue weighted by molar-refractivity contribution is 7.99. The molecule has 2 aromatic heterocycles. The highest BCUT2D eigenvalue weighted by Crippen LogP contribution is 2.36. The summed E-state index contributed by atoms with van der Waals surface area (Å²) >= 11 is 1.59. The van der Waals surface area contributed by atoms with E-state index < -0.39 is 0 Å². The molecular weight excluding hydrogens is 388 g/mol. The Bertz CT molecular complexity index is 920. The monoisotopic (exact) mass is 414 g/mol. The summed E-state index contributed by atoms with van der Waals surface area (Å²) < 4.78 is 13.6. The van der Waals surface area contributed by atoms with E-state index in [4.69, 9.17) is 9.15 Å². The van der Waals surface area contributed by atoms with Gasteiger partial charge in [-0.25, -0.2) is 0 Å². The van der Waals surface area contributed by atoms with Gasteiger partial charge in [-0.3, -0.25) is 4.57 Å². The van der Waals surface area contributed by atoms with E-state index in [0.29, 0.717) is 17.7 Å². The summed E-state index contributed by atoms with van der Waals surface area (Å²) in [4.78, 5) is 2.24. The molecule has 1 saturated heterocycles. The van der Waals surface area contributed by atoms with E-state index in [-0.39, 0.29) is 5.25 Å². The molecule has 0 N–H and O–H groups in total. The molecule has 3 aromatic rings. The molecule has 4 rings (SSSR count). The van der Waals surface area contributed by atoms with Gasteiger partial charge in [-0.2, -0.15) is 0 Å². The lowest BCUT2D eigenvalue weighted by molar-refractivity contribution is 0.121. The van der Waals surface area contributed by atoms with Crippen molar-refractivity contribution in [2.24, 2.45) is 5.92 Å². The largest absolute Gasteiger partial charge is 0.419 e. The zero-order valence-corrected chi connectivity index (χ0v) is 17.8. The maximum atomic E-state index is 5.92. The zero-order valence-electron chi connectivity index (χ0n) is 17.0. The molecule has 0 spiro atoms. The number of nitrogens with zero attached hydrogens (tertiary/aromatic N) is 6. The van der Waals surface area contributed by atoms with Gasteiger partial charge in [-0.15, -0.1) is 20.4 Å². The second-order valence-electron chi connectivity index (χ2n) is 7.46. The molecule has 0 amide bonds. The minimum atomic E-state index is -0.0346. The average molecular weight is 415 g/mol. The molecule has 0 saturated carbocycles. The molecule has 1 aliphatic rings. The van der Waals surface area contributed by atoms with Crippen LogP contribution in [0, 0.1) is 5.92 Å². The number of ether oxygens (including phenoxy) is 1. The molecule has 1 aliphatic heterocycles. The van der Waals surface area contributed by atoms with Crippen molar-refractivity contribution in [2.75, 3.05) is 31.2 Å². The van der Waals surface area contributed by atoms with E-state index in [1.54, 1.807) is 11.8 Å². The highest BCUT2D eigenvalue weighted by Gasteiger charge is 2.24. The van der Waals surface area contributed by atoms with Crippen LogP contribution >= 0.6 is 11.8 Å². The molecule has 0 aliphatic carbocycles. The van der Waals surface area contributed by atoms with Gasteiger partial charge in [0.2, 0.25) is 17.7 Å². The molecule has 0 bridgehead atoms. The van der Waals surface area contributed by atoms with Gasteiger partial charge < -0.3 is 14.1 Å². The summed E-state index contributed by atoms with van der Waals surface area (Å²) in [6.07, 6.45) is 0. The third-order valence-electron chi connectivity index (χ3n) is 4.63. The van der Waals surface area contributed by atoms with Crippen molar-refractivity contribution in [2.45, 2.75) is 37.7 Å². The van der Waals surface area contributed by atoms with Crippen molar-refractivity contribution in [3.63, 3.8) is 0 Å². The first kappa shape index (κ1) is 19.9. The Labute approximate surface area is 174 Å². The normalized spacial score (nSPS) is 15.8. The molecule has 9 heteroatoms. The summed E-state index contributed by atoms with van der Waals surface area (Å²) in [6.45, 7) is 10.4. The molecule has 1 unspecified atom stereocenters. The highest BCUT2D eigenvalue weighted by atomic mass is 32.2. The van der Waals surface area contributed by atoms with Gasteiger partial charge in [0.05, 0.1) is 18.5 Å². The standard InChI is InChI=1S/C20H26N6O2S/c1-14(2)13-26-19(25-9-11-27-12-10-25)23-24-20(26)29-15(3)17-21-22-18(28-17)16-7-5-4-6-8-16/h4-8,14-15H,9-13H2,1-3H3. The van der Waals surface area contributed by atoms with Gasteiger partial charge in [0, 0.05) is 25.2 Å². The predicted octanol–water partition coefficient (Wildman–Crippen LogP) is 3.67. The third kappa shape index (κ3) is 4.62. The number of morpholine rings is 1. The first-order valence-electron chi connectivity index (χ1n) is 9.93. The van der Waals surface area contributed by atoms with E-state index in [1.807, 2.05) is 30.3 Å². The quantitative estimate of drug-likeness (QED) is 0.542. The van der Waals surface area contributed by atoms with Crippen LogP contribution in [0.25, 0.3) is 11.5 Å². The fourth-order valence-electron chi connectivity index (χ4n) is 3.20. The van der Waals surface area contributed by atoms with Crippen LogP contribution in [0.5, 0.6) is 0 Å². The molecule has 8 nitrogen and oxygen atoms in total. The summed E-state index contributed by atoms with van der Waals surface area (Å²) in [5.41, 5.74) is 0.918. The summed E-state index contributed by atoms with van der Waals surface area (Å²) in [7, 11) is 0. The average Bonchev–Trinajstić information content (AvgIpc) is 3.37. The van der Waals surface area contributed by atoms with E-state index in [9.17, 15) is 0 Å². The molecule has 1 fully saturated rings. The first-order valence-corrected chi connectivity index (χ1v) is 10.8. The minimum Gasteiger partial charge on any atom is -0.419 e. The second kappa shape index (κ2) is 8.96. The van der Waals surface area contributed by atoms with Gasteiger partial charge in [-0.05, 0) is 25.0 Å². The Morgan fingerprint density at radius 2 is 1.76 bits per heavy atom. The molecule has 1 aromatic carbocycles. The van der Waals surface area contributed by atoms with Gasteiger partial charge in [0.1, 0.15) is 0 Å². The van der Waals surface area contributed by atoms with Crippen molar-refractivity contribution in [1.29, 1.82) is 0 Å². The number of rotatable bonds is 7. The fraction of sp³-hybridized carbons (Fsp3) is 0.500. The number of thioether (sulfide) groups is 1. The molecule has 1 atom stereocenters. The Hall–Kier alpha value is -2.39. The zero-order chi connectivity index (χ0) is 20.2. The lowest BCUT2D eigenvalue weighted by Gasteiger charge is -2.28. The van der Waals surface area contributed by atoms with E-state index >= 15 is 0 Å². The summed E-state index contributed by atoms with van der Waals surface area (Å²) in [6, 6.07) is 9.80. The van der Waals surface area contributed by atoms with Crippen molar-refractivity contribution >= 4 is 17.7 Å². The van der Waals surface area contributed by atoms with Gasteiger partial charge >= 0.3 is 0 Å². The number of benzene rings is 1. The Morgan fingerprint density at radius 3 is 2.48 bits per heavy atom. The van der Waals surface area contributed by atoms with Crippen LogP contribution in [0.2, 0.25) is 0 Å². The molecule has 0 radical (unpaired) electrons. The number of anilines is 1. The van der Waals surface area contributed by atoms with Crippen LogP contribution in [0.3, 0.4) is 0 Å². The van der Waals surface area contributed by atoms with Gasteiger partial charge in [0.15, 0.2) is 5.16 Å². The fourth-order valence-corrected chi connectivity index (χ4v) is 4.08. The summed E-state index contributed by atoms with van der Waals surface area (Å²) in [5.74, 6) is 2.51. The van der Waals surface area contributed by atoms with E-state index in [0.717, 1.165) is 49.5 Å². The molecule has 3 heterocycles. The van der Waals surface area contributed by atoms with Crippen LogP contribution < -0.4 is 4.90 Å². The van der Waals surface area contributed by atoms with Crippen molar-refractivity contribution in [3.05, 3.63) is 36.2 Å².